The number of aromatic nitrogens is 3. The van der Waals surface area contributed by atoms with Gasteiger partial charge in [0, 0.05) is 25.7 Å². The Balaban J connectivity index is 1.45. The molecule has 1 aromatic rings. The molecule has 0 unspecified atom stereocenters. The van der Waals surface area contributed by atoms with E-state index in [4.69, 9.17) is 4.74 Å². The van der Waals surface area contributed by atoms with E-state index in [0.29, 0.717) is 32.1 Å². The van der Waals surface area contributed by atoms with Gasteiger partial charge in [-0.15, -0.1) is 0 Å². The number of hydrogen-bond donors (Lipinski definition) is 1. The van der Waals surface area contributed by atoms with Gasteiger partial charge in [0.25, 0.3) is 6.43 Å². The van der Waals surface area contributed by atoms with Crippen LogP contribution in [-0.4, -0.2) is 64.3 Å². The summed E-state index contributed by atoms with van der Waals surface area (Å²) in [6.45, 7) is 2.49. The van der Waals surface area contributed by atoms with Crippen molar-refractivity contribution in [2.45, 2.75) is 44.2 Å². The molecule has 3 aliphatic rings. The fourth-order valence-corrected chi connectivity index (χ4v) is 4.23. The Labute approximate surface area is 144 Å². The smallest absolute Gasteiger partial charge is 0.260 e. The van der Waals surface area contributed by atoms with Crippen molar-refractivity contribution in [3.63, 3.8) is 0 Å². The Morgan fingerprint density at radius 1 is 1.40 bits per heavy atom. The number of alkyl halides is 2. The SMILES string of the molecule is O=C([C@@H]1CCOC1)N1CCC[C@H]([C@@H]2C[C@H](C(F)F)n3ncnc3N2)C1. The highest BCUT2D eigenvalue weighted by Gasteiger charge is 2.40. The van der Waals surface area contributed by atoms with E-state index in [1.165, 1.54) is 11.0 Å². The summed E-state index contributed by atoms with van der Waals surface area (Å²) < 4.78 is 33.5. The van der Waals surface area contributed by atoms with Crippen molar-refractivity contribution in [3.8, 4) is 0 Å². The lowest BCUT2D eigenvalue weighted by Gasteiger charge is -2.41. The summed E-state index contributed by atoms with van der Waals surface area (Å²) in [7, 11) is 0. The summed E-state index contributed by atoms with van der Waals surface area (Å²) in [5.74, 6) is 0.641. The Morgan fingerprint density at radius 3 is 3.04 bits per heavy atom. The second-order valence-electron chi connectivity index (χ2n) is 7.16. The fourth-order valence-electron chi connectivity index (χ4n) is 4.23. The first-order valence-electron chi connectivity index (χ1n) is 8.94. The Bertz CT molecular complexity index is 619. The zero-order valence-electron chi connectivity index (χ0n) is 14.0. The van der Waals surface area contributed by atoms with Gasteiger partial charge in [-0.1, -0.05) is 0 Å². The molecule has 1 amide bonds. The molecular formula is C16H23F2N5O2. The number of halogens is 2. The first-order valence-corrected chi connectivity index (χ1v) is 8.94. The molecule has 4 rings (SSSR count). The lowest BCUT2D eigenvalue weighted by atomic mass is 9.85. The van der Waals surface area contributed by atoms with Gasteiger partial charge in [-0.3, -0.25) is 4.79 Å². The molecule has 0 aliphatic carbocycles. The molecule has 3 aliphatic heterocycles. The van der Waals surface area contributed by atoms with Gasteiger partial charge < -0.3 is 15.0 Å². The highest BCUT2D eigenvalue weighted by atomic mass is 19.3. The summed E-state index contributed by atoms with van der Waals surface area (Å²) >= 11 is 0. The number of rotatable bonds is 3. The van der Waals surface area contributed by atoms with Crippen molar-refractivity contribution >= 4 is 11.9 Å². The van der Waals surface area contributed by atoms with E-state index in [0.717, 1.165) is 25.8 Å². The maximum absolute atomic E-state index is 13.4. The maximum atomic E-state index is 13.4. The molecular weight excluding hydrogens is 332 g/mol. The van der Waals surface area contributed by atoms with Gasteiger partial charge in [-0.2, -0.15) is 10.1 Å². The topological polar surface area (TPSA) is 72.3 Å². The summed E-state index contributed by atoms with van der Waals surface area (Å²) in [6.07, 6.45) is 1.71. The molecule has 1 aromatic heterocycles. The van der Waals surface area contributed by atoms with Crippen molar-refractivity contribution in [2.75, 3.05) is 31.6 Å². The van der Waals surface area contributed by atoms with Gasteiger partial charge in [0.05, 0.1) is 12.5 Å². The van der Waals surface area contributed by atoms with Crippen LogP contribution in [0.15, 0.2) is 6.33 Å². The summed E-state index contributed by atoms with van der Waals surface area (Å²) in [5, 5.41) is 7.17. The standard InChI is InChI=1S/C16H23F2N5O2/c17-14(18)13-6-12(21-16-19-9-20-23(13)16)10-2-1-4-22(7-10)15(24)11-3-5-25-8-11/h9-14H,1-8H2,(H,19,20,21)/t10-,11+,12-,13+/m0/s1. The Hall–Kier alpha value is -1.77. The number of fused-ring (bicyclic) bond motifs is 1. The zero-order chi connectivity index (χ0) is 17.4. The minimum Gasteiger partial charge on any atom is -0.381 e. The average molecular weight is 355 g/mol. The summed E-state index contributed by atoms with van der Waals surface area (Å²) in [6, 6.07) is -1.08. The third kappa shape index (κ3) is 3.21. The van der Waals surface area contributed by atoms with Crippen molar-refractivity contribution in [1.29, 1.82) is 0 Å². The van der Waals surface area contributed by atoms with Crippen LogP contribution in [0.25, 0.3) is 0 Å². The number of carbonyl (C=O) groups excluding carboxylic acids is 1. The molecule has 0 bridgehead atoms. The van der Waals surface area contributed by atoms with E-state index in [-0.39, 0.29) is 23.8 Å². The van der Waals surface area contributed by atoms with Crippen LogP contribution >= 0.6 is 0 Å². The molecule has 2 saturated heterocycles. The molecule has 25 heavy (non-hydrogen) atoms. The van der Waals surface area contributed by atoms with Crippen molar-refractivity contribution in [2.24, 2.45) is 11.8 Å². The van der Waals surface area contributed by atoms with Crippen LogP contribution in [0, 0.1) is 11.8 Å². The molecule has 0 aromatic carbocycles. The average Bonchev–Trinajstić information content (AvgIpc) is 3.31. The van der Waals surface area contributed by atoms with E-state index < -0.39 is 12.5 Å². The molecule has 4 heterocycles. The lowest BCUT2D eigenvalue weighted by molar-refractivity contribution is -0.137. The minimum absolute atomic E-state index is 0.0463. The number of likely N-dealkylation sites (tertiary alicyclic amines) is 1. The number of carbonyl (C=O) groups is 1. The van der Waals surface area contributed by atoms with Gasteiger partial charge >= 0.3 is 0 Å². The van der Waals surface area contributed by atoms with Crippen LogP contribution < -0.4 is 5.32 Å². The Kier molecular flexibility index (Phi) is 4.58. The van der Waals surface area contributed by atoms with E-state index in [1.54, 1.807) is 0 Å². The van der Waals surface area contributed by atoms with Crippen LogP contribution in [0.3, 0.4) is 0 Å². The van der Waals surface area contributed by atoms with Crippen LogP contribution in [0.4, 0.5) is 14.7 Å². The molecule has 0 radical (unpaired) electrons. The number of nitrogens with one attached hydrogen (secondary N) is 1. The van der Waals surface area contributed by atoms with Crippen molar-refractivity contribution < 1.29 is 18.3 Å². The molecule has 9 heteroatoms. The largest absolute Gasteiger partial charge is 0.381 e. The zero-order valence-corrected chi connectivity index (χ0v) is 14.0. The monoisotopic (exact) mass is 355 g/mol. The second-order valence-corrected chi connectivity index (χ2v) is 7.16. The van der Waals surface area contributed by atoms with Gasteiger partial charge in [0.2, 0.25) is 11.9 Å². The summed E-state index contributed by atoms with van der Waals surface area (Å²) in [4.78, 5) is 18.6. The number of nitrogens with zero attached hydrogens (tertiary/aromatic N) is 4. The predicted octanol–water partition coefficient (Wildman–Crippen LogP) is 1.54. The third-order valence-corrected chi connectivity index (χ3v) is 5.61. The first kappa shape index (κ1) is 16.7. The molecule has 0 spiro atoms. The summed E-state index contributed by atoms with van der Waals surface area (Å²) in [5.41, 5.74) is 0. The third-order valence-electron chi connectivity index (χ3n) is 5.61. The quantitative estimate of drug-likeness (QED) is 0.891. The number of ether oxygens (including phenoxy) is 1. The Morgan fingerprint density at radius 2 is 2.28 bits per heavy atom. The molecule has 1 N–H and O–H groups in total. The first-order chi connectivity index (χ1) is 12.1. The van der Waals surface area contributed by atoms with Crippen LogP contribution in [0.5, 0.6) is 0 Å². The van der Waals surface area contributed by atoms with Gasteiger partial charge in [0.15, 0.2) is 0 Å². The number of hydrogen-bond acceptors (Lipinski definition) is 5. The molecule has 138 valence electrons. The van der Waals surface area contributed by atoms with Crippen LogP contribution in [0.2, 0.25) is 0 Å². The van der Waals surface area contributed by atoms with Gasteiger partial charge in [0.1, 0.15) is 12.4 Å². The van der Waals surface area contributed by atoms with E-state index in [9.17, 15) is 13.6 Å². The van der Waals surface area contributed by atoms with Gasteiger partial charge in [-0.25, -0.2) is 13.5 Å². The molecule has 0 saturated carbocycles. The van der Waals surface area contributed by atoms with E-state index in [1.807, 2.05) is 4.90 Å². The number of anilines is 1. The highest BCUT2D eigenvalue weighted by molar-refractivity contribution is 5.79. The van der Waals surface area contributed by atoms with E-state index in [2.05, 4.69) is 15.4 Å². The van der Waals surface area contributed by atoms with Crippen molar-refractivity contribution in [1.82, 2.24) is 19.7 Å². The fraction of sp³-hybridized carbons (Fsp3) is 0.812. The minimum atomic E-state index is -2.48. The van der Waals surface area contributed by atoms with Gasteiger partial charge in [-0.05, 0) is 31.6 Å². The van der Waals surface area contributed by atoms with Crippen LogP contribution in [-0.2, 0) is 9.53 Å². The maximum Gasteiger partial charge on any atom is 0.260 e. The molecule has 2 fully saturated rings. The molecule has 4 atom stereocenters. The van der Waals surface area contributed by atoms with Crippen LogP contribution in [0.1, 0.15) is 31.7 Å². The normalized spacial score (nSPS) is 32.5. The van der Waals surface area contributed by atoms with E-state index >= 15 is 0 Å². The number of piperidine rings is 1. The second kappa shape index (κ2) is 6.86. The number of amides is 1. The van der Waals surface area contributed by atoms with Crippen molar-refractivity contribution in [3.05, 3.63) is 6.33 Å². The lowest BCUT2D eigenvalue weighted by Crippen LogP contribution is -2.49. The highest BCUT2D eigenvalue weighted by Crippen LogP contribution is 2.35. The molecule has 7 nitrogen and oxygen atoms in total. The predicted molar refractivity (Wildman–Crippen MR) is 85.3 cm³/mol.